The smallest absolute Gasteiger partial charge is 0.137 e. The number of rotatable bonds is 5. The van der Waals surface area contributed by atoms with Crippen LogP contribution in [0, 0.1) is 17.8 Å². The van der Waals surface area contributed by atoms with Gasteiger partial charge in [0, 0.05) is 37.9 Å². The van der Waals surface area contributed by atoms with E-state index in [9.17, 15) is 0 Å². The monoisotopic (exact) mass is 346 g/mol. The molecule has 4 nitrogen and oxygen atoms in total. The number of pyridine rings is 1. The molecular formula is C22H26N4. The van der Waals surface area contributed by atoms with E-state index in [-0.39, 0.29) is 0 Å². The van der Waals surface area contributed by atoms with E-state index in [0.717, 1.165) is 35.6 Å². The van der Waals surface area contributed by atoms with Gasteiger partial charge in [0.15, 0.2) is 0 Å². The summed E-state index contributed by atoms with van der Waals surface area (Å²) in [6.07, 6.45) is 2.15. The van der Waals surface area contributed by atoms with Crippen molar-refractivity contribution in [1.29, 1.82) is 0 Å². The molecule has 1 aliphatic carbocycles. The predicted octanol–water partition coefficient (Wildman–Crippen LogP) is 3.24. The molecule has 0 amide bonds. The van der Waals surface area contributed by atoms with Gasteiger partial charge in [-0.3, -0.25) is 4.90 Å². The minimum Gasteiger partial charge on any atom is -0.309 e. The Hall–Kier alpha value is -2.17. The highest BCUT2D eigenvalue weighted by molar-refractivity contribution is 5.66. The maximum atomic E-state index is 4.94. The van der Waals surface area contributed by atoms with Crippen molar-refractivity contribution in [3.63, 3.8) is 0 Å². The summed E-state index contributed by atoms with van der Waals surface area (Å²) in [5.41, 5.74) is 4.69. The Labute approximate surface area is 155 Å². The highest BCUT2D eigenvalue weighted by Crippen LogP contribution is 2.52. The molecular weight excluding hydrogens is 320 g/mol. The first-order chi connectivity index (χ1) is 12.7. The summed E-state index contributed by atoms with van der Waals surface area (Å²) in [6.45, 7) is 4.69. The fourth-order valence-corrected chi connectivity index (χ4v) is 4.79. The number of benzene rings is 1. The van der Waals surface area contributed by atoms with Crippen LogP contribution in [0.3, 0.4) is 0 Å². The average Bonchev–Trinajstić information content (AvgIpc) is 3.00. The number of piperidine rings is 1. The molecule has 0 N–H and O–H groups in total. The Morgan fingerprint density at radius 3 is 2.46 bits per heavy atom. The van der Waals surface area contributed by atoms with Crippen LogP contribution in [0.25, 0.3) is 16.9 Å². The van der Waals surface area contributed by atoms with Gasteiger partial charge >= 0.3 is 0 Å². The van der Waals surface area contributed by atoms with Crippen molar-refractivity contribution in [1.82, 2.24) is 19.2 Å². The van der Waals surface area contributed by atoms with Gasteiger partial charge in [-0.1, -0.05) is 36.4 Å². The summed E-state index contributed by atoms with van der Waals surface area (Å²) in [4.78, 5) is 9.91. The maximum Gasteiger partial charge on any atom is 0.137 e. The Morgan fingerprint density at radius 2 is 1.73 bits per heavy atom. The lowest BCUT2D eigenvalue weighted by Crippen LogP contribution is -2.27. The summed E-state index contributed by atoms with van der Waals surface area (Å²) in [6, 6.07) is 16.9. The van der Waals surface area contributed by atoms with Gasteiger partial charge in [-0.25, -0.2) is 4.98 Å². The molecule has 2 aromatic heterocycles. The Bertz CT molecular complexity index is 902. The molecule has 1 saturated heterocycles. The molecule has 0 spiro atoms. The predicted molar refractivity (Wildman–Crippen MR) is 105 cm³/mol. The Balaban J connectivity index is 1.41. The van der Waals surface area contributed by atoms with Gasteiger partial charge in [-0.15, -0.1) is 0 Å². The third-order valence-electron chi connectivity index (χ3n) is 6.07. The van der Waals surface area contributed by atoms with Crippen molar-refractivity contribution < 1.29 is 0 Å². The Kier molecular flexibility index (Phi) is 3.84. The summed E-state index contributed by atoms with van der Waals surface area (Å²) < 4.78 is 2.27. The zero-order valence-corrected chi connectivity index (χ0v) is 15.5. The molecule has 0 radical (unpaired) electrons. The standard InChI is InChI=1S/C22H26N4/c1-24(2)12-17-18-13-25(14-19(17)18)15-20-22(16-8-4-3-5-9-16)23-21-10-6-7-11-26(20)21/h3-11,17-19H,12-15H2,1-2H3/t17?,18-,19+. The minimum absolute atomic E-state index is 0.900. The van der Waals surface area contributed by atoms with Crippen LogP contribution in [0.5, 0.6) is 0 Å². The second kappa shape index (κ2) is 6.22. The summed E-state index contributed by atoms with van der Waals surface area (Å²) in [7, 11) is 4.38. The van der Waals surface area contributed by atoms with Crippen molar-refractivity contribution in [2.75, 3.05) is 33.7 Å². The van der Waals surface area contributed by atoms with E-state index in [4.69, 9.17) is 4.98 Å². The van der Waals surface area contributed by atoms with E-state index in [1.165, 1.54) is 30.9 Å². The van der Waals surface area contributed by atoms with E-state index < -0.39 is 0 Å². The lowest BCUT2D eigenvalue weighted by atomic mass is 10.1. The number of hydrogen-bond donors (Lipinski definition) is 0. The van der Waals surface area contributed by atoms with E-state index in [1.807, 2.05) is 0 Å². The largest absolute Gasteiger partial charge is 0.309 e. The zero-order chi connectivity index (χ0) is 17.7. The van der Waals surface area contributed by atoms with Crippen LogP contribution in [0.2, 0.25) is 0 Å². The minimum atomic E-state index is 0.900. The second-order valence-electron chi connectivity index (χ2n) is 8.15. The molecule has 3 heterocycles. The van der Waals surface area contributed by atoms with Crippen molar-refractivity contribution in [2.45, 2.75) is 6.54 Å². The van der Waals surface area contributed by atoms with E-state index in [2.05, 4.69) is 83.0 Å². The van der Waals surface area contributed by atoms with Gasteiger partial charge in [0.2, 0.25) is 0 Å². The van der Waals surface area contributed by atoms with E-state index in [1.54, 1.807) is 0 Å². The van der Waals surface area contributed by atoms with Crippen LogP contribution in [-0.4, -0.2) is 52.9 Å². The van der Waals surface area contributed by atoms with Gasteiger partial charge in [0.05, 0.1) is 11.4 Å². The quantitative estimate of drug-likeness (QED) is 0.709. The number of imidazole rings is 1. The molecule has 134 valence electrons. The average molecular weight is 346 g/mol. The molecule has 3 atom stereocenters. The third-order valence-corrected chi connectivity index (χ3v) is 6.07. The number of nitrogens with zero attached hydrogens (tertiary/aromatic N) is 4. The number of likely N-dealkylation sites (tertiary alicyclic amines) is 1. The summed E-state index contributed by atoms with van der Waals surface area (Å²) in [5.74, 6) is 2.71. The van der Waals surface area contributed by atoms with Gasteiger partial charge in [0.25, 0.3) is 0 Å². The van der Waals surface area contributed by atoms with Crippen molar-refractivity contribution >= 4 is 5.65 Å². The summed E-state index contributed by atoms with van der Waals surface area (Å²) in [5, 5.41) is 0. The highest BCUT2D eigenvalue weighted by atomic mass is 15.2. The van der Waals surface area contributed by atoms with Gasteiger partial charge in [-0.05, 0) is 44.0 Å². The molecule has 1 saturated carbocycles. The Morgan fingerprint density at radius 1 is 1.00 bits per heavy atom. The van der Waals surface area contributed by atoms with Gasteiger partial charge in [-0.2, -0.15) is 0 Å². The molecule has 4 heteroatoms. The van der Waals surface area contributed by atoms with Crippen LogP contribution in [0.4, 0.5) is 0 Å². The fraction of sp³-hybridized carbons (Fsp3) is 0.409. The molecule has 2 fully saturated rings. The number of hydrogen-bond acceptors (Lipinski definition) is 3. The molecule has 0 bridgehead atoms. The van der Waals surface area contributed by atoms with E-state index in [0.29, 0.717) is 0 Å². The van der Waals surface area contributed by atoms with Crippen molar-refractivity contribution in [3.8, 4) is 11.3 Å². The molecule has 1 aromatic carbocycles. The maximum absolute atomic E-state index is 4.94. The molecule has 26 heavy (non-hydrogen) atoms. The van der Waals surface area contributed by atoms with Gasteiger partial charge in [0.1, 0.15) is 5.65 Å². The topological polar surface area (TPSA) is 23.8 Å². The first kappa shape index (κ1) is 16.0. The lowest BCUT2D eigenvalue weighted by molar-refractivity contribution is 0.255. The molecule has 1 aliphatic heterocycles. The van der Waals surface area contributed by atoms with Gasteiger partial charge < -0.3 is 9.30 Å². The van der Waals surface area contributed by atoms with Crippen LogP contribution in [0.15, 0.2) is 54.7 Å². The molecule has 2 aliphatic rings. The molecule has 1 unspecified atom stereocenters. The second-order valence-corrected chi connectivity index (χ2v) is 8.15. The number of fused-ring (bicyclic) bond motifs is 2. The van der Waals surface area contributed by atoms with Crippen LogP contribution >= 0.6 is 0 Å². The molecule has 5 rings (SSSR count). The highest BCUT2D eigenvalue weighted by Gasteiger charge is 2.55. The fourth-order valence-electron chi connectivity index (χ4n) is 4.79. The lowest BCUT2D eigenvalue weighted by Gasteiger charge is -2.21. The SMILES string of the molecule is CN(C)CC1[C@H]2CN(Cc3c(-c4ccccc4)nc4ccccn34)C[C@@H]12. The normalized spacial score (nSPS) is 25.1. The summed E-state index contributed by atoms with van der Waals surface area (Å²) >= 11 is 0. The first-order valence-electron chi connectivity index (χ1n) is 9.59. The number of aromatic nitrogens is 2. The van der Waals surface area contributed by atoms with Crippen LogP contribution < -0.4 is 0 Å². The zero-order valence-electron chi connectivity index (χ0n) is 15.5. The van der Waals surface area contributed by atoms with Crippen LogP contribution in [0.1, 0.15) is 5.69 Å². The first-order valence-corrected chi connectivity index (χ1v) is 9.59. The van der Waals surface area contributed by atoms with Crippen molar-refractivity contribution in [2.24, 2.45) is 17.8 Å². The van der Waals surface area contributed by atoms with E-state index >= 15 is 0 Å². The molecule has 3 aromatic rings. The third kappa shape index (κ3) is 2.74. The van der Waals surface area contributed by atoms with Crippen LogP contribution in [-0.2, 0) is 6.54 Å². The van der Waals surface area contributed by atoms with Crippen molar-refractivity contribution in [3.05, 3.63) is 60.4 Å².